The van der Waals surface area contributed by atoms with Crippen LogP contribution in [0.15, 0.2) is 24.3 Å². The zero-order chi connectivity index (χ0) is 14.3. The Hall–Kier alpha value is -1.55. The highest BCUT2D eigenvalue weighted by Crippen LogP contribution is 2.12. The van der Waals surface area contributed by atoms with Crippen LogP contribution in [-0.2, 0) is 11.2 Å². The van der Waals surface area contributed by atoms with Gasteiger partial charge in [-0.1, -0.05) is 19.1 Å². The number of aryl methyl sites for hydroxylation is 1. The molecular weight excluding hydrogens is 240 g/mol. The highest BCUT2D eigenvalue weighted by Gasteiger charge is 2.14. The van der Waals surface area contributed by atoms with Crippen LogP contribution < -0.4 is 10.6 Å². The summed E-state index contributed by atoms with van der Waals surface area (Å²) < 4.78 is 0. The van der Waals surface area contributed by atoms with E-state index in [4.69, 9.17) is 0 Å². The number of amides is 1. The van der Waals surface area contributed by atoms with Gasteiger partial charge in [-0.05, 0) is 44.5 Å². The Morgan fingerprint density at radius 3 is 2.47 bits per heavy atom. The molecule has 0 fully saturated rings. The maximum atomic E-state index is 11.8. The summed E-state index contributed by atoms with van der Waals surface area (Å²) in [5.41, 5.74) is 1.17. The van der Waals surface area contributed by atoms with Gasteiger partial charge >= 0.3 is 0 Å². The minimum atomic E-state index is -0.0128. The van der Waals surface area contributed by atoms with Gasteiger partial charge in [-0.15, -0.1) is 0 Å². The van der Waals surface area contributed by atoms with Crippen molar-refractivity contribution in [3.63, 3.8) is 0 Å². The molecule has 0 aromatic heterocycles. The lowest BCUT2D eigenvalue weighted by atomic mass is 10.0. The Morgan fingerprint density at radius 2 is 1.89 bits per heavy atom. The fourth-order valence-electron chi connectivity index (χ4n) is 1.90. The molecule has 0 spiro atoms. The standard InChI is InChI=1S/C15H24N2O2/c1-11(10-16-3)15(19)17-12(2)4-5-13-6-8-14(18)9-7-13/h6-9,11-12,16,18H,4-5,10H2,1-3H3,(H,17,19). The molecule has 0 heterocycles. The quantitative estimate of drug-likeness (QED) is 0.702. The van der Waals surface area contributed by atoms with Crippen LogP contribution in [0.1, 0.15) is 25.8 Å². The molecule has 0 saturated carbocycles. The van der Waals surface area contributed by atoms with E-state index in [0.717, 1.165) is 12.8 Å². The summed E-state index contributed by atoms with van der Waals surface area (Å²) in [6, 6.07) is 7.35. The molecule has 1 rings (SSSR count). The Morgan fingerprint density at radius 1 is 1.26 bits per heavy atom. The monoisotopic (exact) mass is 264 g/mol. The second-order valence-electron chi connectivity index (χ2n) is 5.07. The van der Waals surface area contributed by atoms with Crippen molar-refractivity contribution in [3.05, 3.63) is 29.8 Å². The number of carbonyl (C=O) groups is 1. The first-order valence-corrected chi connectivity index (χ1v) is 6.75. The molecule has 4 nitrogen and oxygen atoms in total. The van der Waals surface area contributed by atoms with Gasteiger partial charge < -0.3 is 15.7 Å². The Kier molecular flexibility index (Phi) is 6.36. The summed E-state index contributed by atoms with van der Waals surface area (Å²) in [5.74, 6) is 0.361. The van der Waals surface area contributed by atoms with Crippen molar-refractivity contribution in [2.45, 2.75) is 32.7 Å². The molecule has 1 amide bonds. The molecule has 0 radical (unpaired) electrons. The van der Waals surface area contributed by atoms with Gasteiger partial charge in [-0.3, -0.25) is 4.79 Å². The summed E-state index contributed by atoms with van der Waals surface area (Å²) in [5, 5.41) is 15.2. The predicted molar refractivity (Wildman–Crippen MR) is 77.1 cm³/mol. The van der Waals surface area contributed by atoms with Crippen LogP contribution >= 0.6 is 0 Å². The van der Waals surface area contributed by atoms with E-state index in [1.807, 2.05) is 33.0 Å². The van der Waals surface area contributed by atoms with Crippen molar-refractivity contribution in [1.82, 2.24) is 10.6 Å². The number of phenolic OH excluding ortho intramolecular Hbond substituents is 1. The van der Waals surface area contributed by atoms with E-state index in [1.54, 1.807) is 12.1 Å². The lowest BCUT2D eigenvalue weighted by Gasteiger charge is -2.17. The number of phenols is 1. The third kappa shape index (κ3) is 5.75. The zero-order valence-corrected chi connectivity index (χ0v) is 11.9. The molecule has 1 aromatic rings. The Labute approximate surface area is 115 Å². The third-order valence-corrected chi connectivity index (χ3v) is 3.15. The van der Waals surface area contributed by atoms with Crippen molar-refractivity contribution in [2.75, 3.05) is 13.6 Å². The number of aromatic hydroxyl groups is 1. The van der Waals surface area contributed by atoms with Gasteiger partial charge in [0.25, 0.3) is 0 Å². The molecule has 2 atom stereocenters. The smallest absolute Gasteiger partial charge is 0.224 e. The van der Waals surface area contributed by atoms with E-state index in [-0.39, 0.29) is 23.6 Å². The van der Waals surface area contributed by atoms with E-state index < -0.39 is 0 Å². The van der Waals surface area contributed by atoms with Crippen LogP contribution in [0.2, 0.25) is 0 Å². The Bertz CT molecular complexity index is 390. The number of nitrogens with one attached hydrogen (secondary N) is 2. The van der Waals surface area contributed by atoms with Crippen LogP contribution in [0.4, 0.5) is 0 Å². The van der Waals surface area contributed by atoms with Gasteiger partial charge in [-0.2, -0.15) is 0 Å². The van der Waals surface area contributed by atoms with E-state index >= 15 is 0 Å². The van der Waals surface area contributed by atoms with Crippen LogP contribution in [0, 0.1) is 5.92 Å². The average molecular weight is 264 g/mol. The summed E-state index contributed by atoms with van der Waals surface area (Å²) in [7, 11) is 1.85. The molecule has 106 valence electrons. The summed E-state index contributed by atoms with van der Waals surface area (Å²) >= 11 is 0. The van der Waals surface area contributed by atoms with E-state index in [9.17, 15) is 9.90 Å². The van der Waals surface area contributed by atoms with Gasteiger partial charge in [0.05, 0.1) is 0 Å². The minimum Gasteiger partial charge on any atom is -0.508 e. The molecule has 3 N–H and O–H groups in total. The summed E-state index contributed by atoms with van der Waals surface area (Å²) in [6.07, 6.45) is 1.78. The lowest BCUT2D eigenvalue weighted by Crippen LogP contribution is -2.39. The van der Waals surface area contributed by atoms with Crippen LogP contribution in [-0.4, -0.2) is 30.6 Å². The molecule has 0 aliphatic heterocycles. The normalized spacial score (nSPS) is 13.8. The summed E-state index contributed by atoms with van der Waals surface area (Å²) in [4.78, 5) is 11.8. The highest BCUT2D eigenvalue weighted by atomic mass is 16.3. The van der Waals surface area contributed by atoms with E-state index in [1.165, 1.54) is 5.56 Å². The number of hydrogen-bond donors (Lipinski definition) is 3. The second-order valence-corrected chi connectivity index (χ2v) is 5.07. The van der Waals surface area contributed by atoms with Crippen molar-refractivity contribution < 1.29 is 9.90 Å². The highest BCUT2D eigenvalue weighted by molar-refractivity contribution is 5.78. The van der Waals surface area contributed by atoms with E-state index in [0.29, 0.717) is 6.54 Å². The summed E-state index contributed by atoms with van der Waals surface area (Å²) in [6.45, 7) is 4.62. The van der Waals surface area contributed by atoms with Crippen molar-refractivity contribution >= 4 is 5.91 Å². The number of carbonyl (C=O) groups excluding carboxylic acids is 1. The largest absolute Gasteiger partial charge is 0.508 e. The van der Waals surface area contributed by atoms with Crippen LogP contribution in [0.5, 0.6) is 5.75 Å². The average Bonchev–Trinajstić information content (AvgIpc) is 2.38. The van der Waals surface area contributed by atoms with Crippen molar-refractivity contribution in [3.8, 4) is 5.75 Å². The predicted octanol–water partition coefficient (Wildman–Crippen LogP) is 1.68. The van der Waals surface area contributed by atoms with Gasteiger partial charge in [0.1, 0.15) is 5.75 Å². The number of benzene rings is 1. The molecule has 0 saturated heterocycles. The van der Waals surface area contributed by atoms with Gasteiger partial charge in [0.15, 0.2) is 0 Å². The van der Waals surface area contributed by atoms with Crippen LogP contribution in [0.25, 0.3) is 0 Å². The first-order chi connectivity index (χ1) is 9.02. The van der Waals surface area contributed by atoms with Crippen molar-refractivity contribution in [2.24, 2.45) is 5.92 Å². The molecule has 0 bridgehead atoms. The van der Waals surface area contributed by atoms with Gasteiger partial charge in [0.2, 0.25) is 5.91 Å². The maximum absolute atomic E-state index is 11.8. The topological polar surface area (TPSA) is 61.4 Å². The molecular formula is C15H24N2O2. The molecule has 0 aliphatic carbocycles. The van der Waals surface area contributed by atoms with Crippen LogP contribution in [0.3, 0.4) is 0 Å². The van der Waals surface area contributed by atoms with Gasteiger partial charge in [0, 0.05) is 18.5 Å². The number of rotatable bonds is 7. The van der Waals surface area contributed by atoms with Gasteiger partial charge in [-0.25, -0.2) is 0 Å². The first kappa shape index (κ1) is 15.5. The number of hydrogen-bond acceptors (Lipinski definition) is 3. The Balaban J connectivity index is 2.33. The second kappa shape index (κ2) is 7.79. The lowest BCUT2D eigenvalue weighted by molar-refractivity contribution is -0.125. The zero-order valence-electron chi connectivity index (χ0n) is 11.9. The van der Waals surface area contributed by atoms with E-state index in [2.05, 4.69) is 10.6 Å². The molecule has 2 unspecified atom stereocenters. The molecule has 19 heavy (non-hydrogen) atoms. The maximum Gasteiger partial charge on any atom is 0.224 e. The fraction of sp³-hybridized carbons (Fsp3) is 0.533. The molecule has 1 aromatic carbocycles. The molecule has 0 aliphatic rings. The van der Waals surface area contributed by atoms with Crippen molar-refractivity contribution in [1.29, 1.82) is 0 Å². The minimum absolute atomic E-state index is 0.0128. The molecule has 4 heteroatoms. The third-order valence-electron chi connectivity index (χ3n) is 3.15. The SMILES string of the molecule is CNCC(C)C(=O)NC(C)CCc1ccc(O)cc1. The fourth-order valence-corrected chi connectivity index (χ4v) is 1.90. The first-order valence-electron chi connectivity index (χ1n) is 6.75.